The molecule has 2 bridgehead atoms. The zero-order valence-corrected chi connectivity index (χ0v) is 14.7. The topological polar surface area (TPSA) is 50.4 Å². The van der Waals surface area contributed by atoms with Crippen molar-refractivity contribution < 1.29 is 9.53 Å². The SMILES string of the molecule is COC(=O)[C@@H]1C[C@@]23C=CN[C@@H]4CC[C@]5(c6ccccc6N[C@@]15[C@@H]2C)[C@H]43. The van der Waals surface area contributed by atoms with Crippen LogP contribution in [0.15, 0.2) is 36.5 Å². The number of esters is 1. The van der Waals surface area contributed by atoms with Crippen molar-refractivity contribution in [1.82, 2.24) is 5.32 Å². The molecule has 130 valence electrons. The van der Waals surface area contributed by atoms with E-state index in [2.05, 4.69) is 54.1 Å². The van der Waals surface area contributed by atoms with E-state index in [1.54, 1.807) is 0 Å². The van der Waals surface area contributed by atoms with Gasteiger partial charge in [0.05, 0.1) is 18.6 Å². The lowest BCUT2D eigenvalue weighted by Gasteiger charge is -2.50. The van der Waals surface area contributed by atoms with Gasteiger partial charge in [-0.2, -0.15) is 0 Å². The van der Waals surface area contributed by atoms with Crippen molar-refractivity contribution in [2.24, 2.45) is 23.2 Å². The van der Waals surface area contributed by atoms with E-state index in [9.17, 15) is 4.79 Å². The maximum Gasteiger partial charge on any atom is 0.311 e. The van der Waals surface area contributed by atoms with E-state index in [0.717, 1.165) is 12.8 Å². The smallest absolute Gasteiger partial charge is 0.311 e. The predicted molar refractivity (Wildman–Crippen MR) is 95.0 cm³/mol. The Morgan fingerprint density at radius 3 is 3.00 bits per heavy atom. The number of ether oxygens (including phenoxy) is 1. The van der Waals surface area contributed by atoms with Crippen molar-refractivity contribution in [1.29, 1.82) is 0 Å². The quantitative estimate of drug-likeness (QED) is 0.775. The molecule has 3 spiro atoms. The van der Waals surface area contributed by atoms with Crippen molar-refractivity contribution in [3.8, 4) is 0 Å². The van der Waals surface area contributed by atoms with Gasteiger partial charge in [-0.25, -0.2) is 0 Å². The van der Waals surface area contributed by atoms with Gasteiger partial charge in [0.15, 0.2) is 0 Å². The van der Waals surface area contributed by atoms with Crippen molar-refractivity contribution >= 4 is 11.7 Å². The van der Waals surface area contributed by atoms with Crippen LogP contribution in [0.4, 0.5) is 5.69 Å². The number of allylic oxidation sites excluding steroid dienone is 1. The van der Waals surface area contributed by atoms with Gasteiger partial charge in [-0.15, -0.1) is 0 Å². The van der Waals surface area contributed by atoms with Crippen LogP contribution in [0, 0.1) is 23.2 Å². The molecule has 2 aliphatic heterocycles. The lowest BCUT2D eigenvalue weighted by atomic mass is 9.55. The Morgan fingerprint density at radius 2 is 2.16 bits per heavy atom. The van der Waals surface area contributed by atoms with E-state index in [1.165, 1.54) is 24.8 Å². The third-order valence-corrected chi connectivity index (χ3v) is 8.64. The van der Waals surface area contributed by atoms with Crippen LogP contribution in [-0.4, -0.2) is 24.7 Å². The lowest BCUT2D eigenvalue weighted by Crippen LogP contribution is -2.61. The van der Waals surface area contributed by atoms with Crippen molar-refractivity contribution in [2.75, 3.05) is 12.4 Å². The van der Waals surface area contributed by atoms with Crippen LogP contribution in [0.5, 0.6) is 0 Å². The Balaban J connectivity index is 1.69. The van der Waals surface area contributed by atoms with Crippen LogP contribution < -0.4 is 10.6 Å². The number of carbonyl (C=O) groups is 1. The predicted octanol–water partition coefficient (Wildman–Crippen LogP) is 2.81. The summed E-state index contributed by atoms with van der Waals surface area (Å²) < 4.78 is 5.30. The number of nitrogens with one attached hydrogen (secondary N) is 2. The molecule has 7 atom stereocenters. The molecule has 1 aromatic rings. The highest BCUT2D eigenvalue weighted by Crippen LogP contribution is 2.81. The van der Waals surface area contributed by atoms with E-state index in [4.69, 9.17) is 4.74 Å². The summed E-state index contributed by atoms with van der Waals surface area (Å²) in [6.07, 6.45) is 7.77. The Hall–Kier alpha value is -1.97. The fraction of sp³-hybridized carbons (Fsp3) is 0.571. The number of hydrogen-bond donors (Lipinski definition) is 2. The normalized spacial score (nSPS) is 49.8. The number of methoxy groups -OCH3 is 1. The van der Waals surface area contributed by atoms with Gasteiger partial charge in [0.25, 0.3) is 0 Å². The number of anilines is 1. The Labute approximate surface area is 148 Å². The van der Waals surface area contributed by atoms with Gasteiger partial charge in [-0.05, 0) is 43.0 Å². The molecule has 4 heteroatoms. The number of benzene rings is 1. The van der Waals surface area contributed by atoms with Crippen LogP contribution in [0.3, 0.4) is 0 Å². The average Bonchev–Trinajstić information content (AvgIpc) is 3.29. The molecule has 4 nitrogen and oxygen atoms in total. The molecule has 0 radical (unpaired) electrons. The molecular weight excluding hydrogens is 312 g/mol. The number of carbonyl (C=O) groups excluding carboxylic acids is 1. The van der Waals surface area contributed by atoms with Gasteiger partial charge in [0, 0.05) is 28.5 Å². The zero-order chi connectivity index (χ0) is 17.0. The molecule has 2 heterocycles. The van der Waals surface area contributed by atoms with Gasteiger partial charge in [0.2, 0.25) is 0 Å². The fourth-order valence-corrected chi connectivity index (χ4v) is 8.13. The molecule has 2 N–H and O–H groups in total. The van der Waals surface area contributed by atoms with Crippen LogP contribution >= 0.6 is 0 Å². The molecule has 25 heavy (non-hydrogen) atoms. The highest BCUT2D eigenvalue weighted by atomic mass is 16.5. The second-order valence-electron chi connectivity index (χ2n) is 8.75. The summed E-state index contributed by atoms with van der Waals surface area (Å²) >= 11 is 0. The monoisotopic (exact) mass is 336 g/mol. The summed E-state index contributed by atoms with van der Waals surface area (Å²) in [5.41, 5.74) is 2.56. The van der Waals surface area contributed by atoms with Gasteiger partial charge in [-0.1, -0.05) is 31.2 Å². The highest BCUT2D eigenvalue weighted by molar-refractivity contribution is 5.82. The fourth-order valence-electron chi connectivity index (χ4n) is 8.13. The molecule has 3 saturated carbocycles. The Kier molecular flexibility index (Phi) is 2.31. The standard InChI is InChI=1S/C21H24N2O2/c1-12-19-9-10-22-16-7-8-20(17(16)19)13-5-3-4-6-15(13)23-21(12,20)14(11-19)18(24)25-2/h3-6,9-10,12,14,16-17,22-23H,7-8,11H2,1-2H3/t12-,14+,16-,17-,19+,20+,21+/m1/s1. The molecule has 0 unspecified atom stereocenters. The lowest BCUT2D eigenvalue weighted by molar-refractivity contribution is -0.149. The van der Waals surface area contributed by atoms with E-state index < -0.39 is 0 Å². The minimum absolute atomic E-state index is 0.0303. The Morgan fingerprint density at radius 1 is 1.32 bits per heavy atom. The molecular formula is C21H24N2O2. The third-order valence-electron chi connectivity index (χ3n) is 8.64. The minimum atomic E-state index is -0.223. The number of hydrogen-bond acceptors (Lipinski definition) is 4. The van der Waals surface area contributed by atoms with E-state index in [0.29, 0.717) is 17.9 Å². The first kappa shape index (κ1) is 14.2. The largest absolute Gasteiger partial charge is 0.469 e. The van der Waals surface area contributed by atoms with E-state index in [1.807, 2.05) is 0 Å². The molecule has 3 fully saturated rings. The minimum Gasteiger partial charge on any atom is -0.469 e. The first-order valence-electron chi connectivity index (χ1n) is 9.51. The van der Waals surface area contributed by atoms with Gasteiger partial charge in [-0.3, -0.25) is 4.79 Å². The molecule has 3 aliphatic carbocycles. The summed E-state index contributed by atoms with van der Waals surface area (Å²) in [4.78, 5) is 12.9. The maximum atomic E-state index is 12.9. The van der Waals surface area contributed by atoms with Crippen molar-refractivity contribution in [3.63, 3.8) is 0 Å². The van der Waals surface area contributed by atoms with Crippen molar-refractivity contribution in [2.45, 2.75) is 43.2 Å². The summed E-state index contributed by atoms with van der Waals surface area (Å²) in [7, 11) is 1.54. The third kappa shape index (κ3) is 1.17. The molecule has 5 aliphatic rings. The zero-order valence-electron chi connectivity index (χ0n) is 14.7. The van der Waals surface area contributed by atoms with Crippen LogP contribution in [0.25, 0.3) is 0 Å². The second-order valence-corrected chi connectivity index (χ2v) is 8.75. The number of rotatable bonds is 1. The van der Waals surface area contributed by atoms with Gasteiger partial charge < -0.3 is 15.4 Å². The number of para-hydroxylation sites is 1. The molecule has 0 aromatic heterocycles. The highest BCUT2D eigenvalue weighted by Gasteiger charge is 2.85. The molecule has 0 saturated heterocycles. The van der Waals surface area contributed by atoms with Crippen molar-refractivity contribution in [3.05, 3.63) is 42.1 Å². The Bertz CT molecular complexity index is 835. The summed E-state index contributed by atoms with van der Waals surface area (Å²) in [6.45, 7) is 2.37. The van der Waals surface area contributed by atoms with Crippen LogP contribution in [-0.2, 0) is 14.9 Å². The summed E-state index contributed by atoms with van der Waals surface area (Å²) in [5.74, 6) is 0.828. The second kappa shape index (κ2) is 4.05. The average molecular weight is 336 g/mol. The first-order valence-corrected chi connectivity index (χ1v) is 9.51. The summed E-state index contributed by atoms with van der Waals surface area (Å²) in [6, 6.07) is 9.27. The number of fused-ring (bicyclic) bond motifs is 1. The van der Waals surface area contributed by atoms with Gasteiger partial charge >= 0.3 is 5.97 Å². The van der Waals surface area contributed by atoms with E-state index >= 15 is 0 Å². The van der Waals surface area contributed by atoms with Crippen LogP contribution in [0.2, 0.25) is 0 Å². The van der Waals surface area contributed by atoms with E-state index in [-0.39, 0.29) is 28.3 Å². The maximum absolute atomic E-state index is 12.9. The summed E-state index contributed by atoms with van der Waals surface area (Å²) in [5, 5.41) is 7.57. The molecule has 0 amide bonds. The molecule has 6 rings (SSSR count). The van der Waals surface area contributed by atoms with Crippen LogP contribution in [0.1, 0.15) is 31.7 Å². The first-order chi connectivity index (χ1) is 12.1. The molecule has 1 aromatic carbocycles. The van der Waals surface area contributed by atoms with Gasteiger partial charge in [0.1, 0.15) is 0 Å².